The topological polar surface area (TPSA) is 105 Å². The Morgan fingerprint density at radius 2 is 1.82 bits per heavy atom. The normalized spacial score (nSPS) is 15.9. The molecule has 2 aromatic carbocycles. The molecule has 0 spiro atoms. The Morgan fingerprint density at radius 3 is 2.45 bits per heavy atom. The molecule has 0 bridgehead atoms. The molecule has 0 aliphatic carbocycles. The third-order valence-corrected chi connectivity index (χ3v) is 6.74. The lowest BCUT2D eigenvalue weighted by molar-refractivity contribution is -0.136. The van der Waals surface area contributed by atoms with Crippen LogP contribution < -0.4 is 10.0 Å². The van der Waals surface area contributed by atoms with Gasteiger partial charge in [0.15, 0.2) is 0 Å². The lowest BCUT2D eigenvalue weighted by atomic mass is 10.2. The summed E-state index contributed by atoms with van der Waals surface area (Å²) in [5.41, 5.74) is 0.706. The smallest absolute Gasteiger partial charge is 0.241 e. The van der Waals surface area contributed by atoms with E-state index in [4.69, 9.17) is 16.3 Å². The Hall–Kier alpha value is -2.53. The Bertz CT molecular complexity index is 1060. The standard InChI is InChI=1S/C22H25ClFN3O5S/c23-17-5-9-20(10-6-17)33(30,31)26-13-22(29)27(14-19-2-1-11-32-19)15-21(28)25-12-16-3-7-18(24)8-4-16/h3-10,19,26H,1-2,11-15H2,(H,25,28)/t19-/m0/s1. The van der Waals surface area contributed by atoms with Gasteiger partial charge in [0.25, 0.3) is 0 Å². The second-order valence-corrected chi connectivity index (χ2v) is 9.79. The largest absolute Gasteiger partial charge is 0.376 e. The van der Waals surface area contributed by atoms with Crippen LogP contribution in [-0.4, -0.2) is 57.5 Å². The molecular weight excluding hydrogens is 473 g/mol. The first-order valence-corrected chi connectivity index (χ1v) is 12.2. The molecule has 0 radical (unpaired) electrons. The monoisotopic (exact) mass is 497 g/mol. The summed E-state index contributed by atoms with van der Waals surface area (Å²) in [7, 11) is -3.93. The van der Waals surface area contributed by atoms with Crippen molar-refractivity contribution in [2.24, 2.45) is 0 Å². The van der Waals surface area contributed by atoms with Crippen molar-refractivity contribution >= 4 is 33.4 Å². The van der Waals surface area contributed by atoms with E-state index >= 15 is 0 Å². The highest BCUT2D eigenvalue weighted by atomic mass is 35.5. The Kier molecular flexibility index (Phi) is 8.79. The summed E-state index contributed by atoms with van der Waals surface area (Å²) in [5.74, 6) is -1.36. The van der Waals surface area contributed by atoms with Crippen LogP contribution in [0.3, 0.4) is 0 Å². The molecule has 2 N–H and O–H groups in total. The minimum atomic E-state index is -3.93. The van der Waals surface area contributed by atoms with Crippen LogP contribution in [0, 0.1) is 5.82 Å². The number of hydrogen-bond donors (Lipinski definition) is 2. The van der Waals surface area contributed by atoms with E-state index in [2.05, 4.69) is 10.0 Å². The Labute approximate surface area is 197 Å². The number of nitrogens with zero attached hydrogens (tertiary/aromatic N) is 1. The van der Waals surface area contributed by atoms with Crippen LogP contribution in [0.5, 0.6) is 0 Å². The molecule has 3 rings (SSSR count). The average Bonchev–Trinajstić information content (AvgIpc) is 3.30. The van der Waals surface area contributed by atoms with Gasteiger partial charge in [0.05, 0.1) is 24.1 Å². The number of sulfonamides is 1. The molecule has 11 heteroatoms. The third-order valence-electron chi connectivity index (χ3n) is 5.08. The van der Waals surface area contributed by atoms with Gasteiger partial charge < -0.3 is 15.0 Å². The fraction of sp³-hybridized carbons (Fsp3) is 0.364. The number of hydrogen-bond acceptors (Lipinski definition) is 5. The molecular formula is C22H25ClFN3O5S. The molecule has 0 saturated carbocycles. The molecule has 178 valence electrons. The predicted octanol–water partition coefficient (Wildman–Crippen LogP) is 2.08. The molecule has 2 amide bonds. The SMILES string of the molecule is O=C(CN(C[C@@H]1CCCO1)C(=O)CNS(=O)(=O)c1ccc(Cl)cc1)NCc1ccc(F)cc1. The first-order valence-electron chi connectivity index (χ1n) is 10.4. The van der Waals surface area contributed by atoms with E-state index in [1.165, 1.54) is 41.3 Å². The van der Waals surface area contributed by atoms with Crippen LogP contribution in [-0.2, 0) is 30.9 Å². The molecule has 1 aliphatic heterocycles. The van der Waals surface area contributed by atoms with Gasteiger partial charge in [0.1, 0.15) is 5.82 Å². The lowest BCUT2D eigenvalue weighted by Crippen LogP contribution is -2.47. The highest BCUT2D eigenvalue weighted by Crippen LogP contribution is 2.15. The zero-order valence-corrected chi connectivity index (χ0v) is 19.4. The zero-order valence-electron chi connectivity index (χ0n) is 17.8. The van der Waals surface area contributed by atoms with Crippen LogP contribution in [0.4, 0.5) is 4.39 Å². The fourth-order valence-corrected chi connectivity index (χ4v) is 4.39. The first kappa shape index (κ1) is 25.1. The van der Waals surface area contributed by atoms with Gasteiger partial charge in [0, 0.05) is 24.7 Å². The predicted molar refractivity (Wildman–Crippen MR) is 120 cm³/mol. The second-order valence-electron chi connectivity index (χ2n) is 7.59. The fourth-order valence-electron chi connectivity index (χ4n) is 3.29. The number of carbonyl (C=O) groups is 2. The second kappa shape index (κ2) is 11.6. The molecule has 1 heterocycles. The van der Waals surface area contributed by atoms with E-state index in [-0.39, 0.29) is 36.5 Å². The van der Waals surface area contributed by atoms with Crippen molar-refractivity contribution in [1.29, 1.82) is 0 Å². The quantitative estimate of drug-likeness (QED) is 0.523. The molecule has 33 heavy (non-hydrogen) atoms. The van der Waals surface area contributed by atoms with Gasteiger partial charge in [0.2, 0.25) is 21.8 Å². The van der Waals surface area contributed by atoms with Gasteiger partial charge in [-0.15, -0.1) is 0 Å². The van der Waals surface area contributed by atoms with E-state index in [0.717, 1.165) is 12.8 Å². The minimum Gasteiger partial charge on any atom is -0.376 e. The molecule has 0 unspecified atom stereocenters. The van der Waals surface area contributed by atoms with Crippen molar-refractivity contribution in [2.45, 2.75) is 30.4 Å². The van der Waals surface area contributed by atoms with Gasteiger partial charge >= 0.3 is 0 Å². The van der Waals surface area contributed by atoms with Crippen molar-refractivity contribution in [3.05, 3.63) is 64.9 Å². The summed E-state index contributed by atoms with van der Waals surface area (Å²) >= 11 is 5.79. The first-order chi connectivity index (χ1) is 15.7. The number of rotatable bonds is 10. The van der Waals surface area contributed by atoms with Crippen LogP contribution >= 0.6 is 11.6 Å². The number of nitrogens with one attached hydrogen (secondary N) is 2. The van der Waals surface area contributed by atoms with Gasteiger partial charge in [-0.25, -0.2) is 17.5 Å². The zero-order chi connectivity index (χ0) is 23.8. The van der Waals surface area contributed by atoms with Crippen molar-refractivity contribution in [1.82, 2.24) is 14.9 Å². The molecule has 0 aromatic heterocycles. The van der Waals surface area contributed by atoms with E-state index in [1.807, 2.05) is 0 Å². The summed E-state index contributed by atoms with van der Waals surface area (Å²) in [6.07, 6.45) is 1.39. The summed E-state index contributed by atoms with van der Waals surface area (Å²) in [6, 6.07) is 11.2. The van der Waals surface area contributed by atoms with Gasteiger partial charge in [-0.2, -0.15) is 0 Å². The van der Waals surface area contributed by atoms with E-state index < -0.39 is 28.4 Å². The van der Waals surface area contributed by atoms with Crippen LogP contribution in [0.2, 0.25) is 5.02 Å². The third kappa shape index (κ3) is 7.78. The molecule has 1 saturated heterocycles. The summed E-state index contributed by atoms with van der Waals surface area (Å²) < 4.78 is 45.8. The number of ether oxygens (including phenoxy) is 1. The van der Waals surface area contributed by atoms with E-state index in [9.17, 15) is 22.4 Å². The van der Waals surface area contributed by atoms with Gasteiger partial charge in [-0.3, -0.25) is 9.59 Å². The maximum atomic E-state index is 13.0. The summed E-state index contributed by atoms with van der Waals surface area (Å²) in [6.45, 7) is 0.147. The van der Waals surface area contributed by atoms with Gasteiger partial charge in [-0.05, 0) is 54.8 Å². The van der Waals surface area contributed by atoms with Crippen LogP contribution in [0.15, 0.2) is 53.4 Å². The van der Waals surface area contributed by atoms with E-state index in [1.54, 1.807) is 12.1 Å². The van der Waals surface area contributed by atoms with Crippen molar-refractivity contribution < 1.29 is 27.1 Å². The highest BCUT2D eigenvalue weighted by Gasteiger charge is 2.25. The summed E-state index contributed by atoms with van der Waals surface area (Å²) in [4.78, 5) is 26.5. The maximum absolute atomic E-state index is 13.0. The lowest BCUT2D eigenvalue weighted by Gasteiger charge is -2.25. The van der Waals surface area contributed by atoms with Crippen molar-refractivity contribution in [3.8, 4) is 0 Å². The Balaban J connectivity index is 1.59. The minimum absolute atomic E-state index is 0.0255. The van der Waals surface area contributed by atoms with Crippen molar-refractivity contribution in [3.63, 3.8) is 0 Å². The molecule has 1 atom stereocenters. The maximum Gasteiger partial charge on any atom is 0.241 e. The number of halogens is 2. The van der Waals surface area contributed by atoms with E-state index in [0.29, 0.717) is 17.2 Å². The Morgan fingerprint density at radius 1 is 1.12 bits per heavy atom. The molecule has 8 nitrogen and oxygen atoms in total. The number of amides is 2. The van der Waals surface area contributed by atoms with Crippen molar-refractivity contribution in [2.75, 3.05) is 26.2 Å². The molecule has 2 aromatic rings. The number of carbonyl (C=O) groups excluding carboxylic acids is 2. The molecule has 1 fully saturated rings. The summed E-state index contributed by atoms with van der Waals surface area (Å²) in [5, 5.41) is 3.07. The highest BCUT2D eigenvalue weighted by molar-refractivity contribution is 7.89. The van der Waals surface area contributed by atoms with Crippen LogP contribution in [0.1, 0.15) is 18.4 Å². The molecule has 1 aliphatic rings. The van der Waals surface area contributed by atoms with Gasteiger partial charge in [-0.1, -0.05) is 23.7 Å². The number of benzene rings is 2. The van der Waals surface area contributed by atoms with Crippen LogP contribution in [0.25, 0.3) is 0 Å². The average molecular weight is 498 g/mol.